The summed E-state index contributed by atoms with van der Waals surface area (Å²) in [4.78, 5) is 31.1. The van der Waals surface area contributed by atoms with Gasteiger partial charge in [0.15, 0.2) is 5.82 Å². The van der Waals surface area contributed by atoms with E-state index in [0.29, 0.717) is 53.2 Å². The van der Waals surface area contributed by atoms with Crippen LogP contribution in [0, 0.1) is 5.82 Å². The van der Waals surface area contributed by atoms with Gasteiger partial charge in [-0.2, -0.15) is 9.97 Å². The fraction of sp³-hybridized carbons (Fsp3) is 0.500. The Hall–Kier alpha value is -3.83. The minimum Gasteiger partial charge on any atom is -0.461 e. The van der Waals surface area contributed by atoms with E-state index in [9.17, 15) is 9.18 Å². The highest BCUT2D eigenvalue weighted by molar-refractivity contribution is 6.36. The number of anilines is 1. The third kappa shape index (κ3) is 6.22. The molecule has 0 saturated carbocycles. The van der Waals surface area contributed by atoms with Crippen molar-refractivity contribution >= 4 is 45.2 Å². The number of pyridine rings is 1. The maximum absolute atomic E-state index is 16.8. The molecule has 3 atom stereocenters. The molecule has 48 heavy (non-hydrogen) atoms. The lowest BCUT2D eigenvalue weighted by Gasteiger charge is -2.42. The van der Waals surface area contributed by atoms with Crippen molar-refractivity contribution in [1.82, 2.24) is 25.2 Å². The number of benzene rings is 2. The quantitative estimate of drug-likeness (QED) is 0.225. The molecular formula is C36H41ClF2N6O3. The Labute approximate surface area is 284 Å². The second kappa shape index (κ2) is 12.2. The number of halogens is 3. The lowest BCUT2D eigenvalue weighted by Crippen LogP contribution is -2.57. The lowest BCUT2D eigenvalue weighted by molar-refractivity contribution is 0.0454. The van der Waals surface area contributed by atoms with Crippen LogP contribution in [-0.2, 0) is 4.74 Å². The SMILES string of the molecule is CC(C)(C)OC(=O)N[C@]1(C)CCCN(c2nc(OC[C@@]34CCCN3C[C@H](F)C4)nc3c(F)c(-c4cccc5cccc(Cl)c45)ncc23)C1. The van der Waals surface area contributed by atoms with E-state index in [1.165, 1.54) is 0 Å². The third-order valence-corrected chi connectivity index (χ3v) is 10.1. The number of rotatable bonds is 6. The maximum Gasteiger partial charge on any atom is 0.408 e. The Kier molecular flexibility index (Phi) is 8.35. The Morgan fingerprint density at radius 1 is 1.12 bits per heavy atom. The van der Waals surface area contributed by atoms with Crippen molar-refractivity contribution in [2.75, 3.05) is 37.7 Å². The molecular weight excluding hydrogens is 638 g/mol. The molecule has 0 aliphatic carbocycles. The Bertz CT molecular complexity index is 1880. The van der Waals surface area contributed by atoms with Gasteiger partial charge >= 0.3 is 12.1 Å². The first-order valence-electron chi connectivity index (χ1n) is 16.7. The number of piperidine rings is 1. The van der Waals surface area contributed by atoms with E-state index in [1.807, 2.05) is 56.9 Å². The fourth-order valence-corrected chi connectivity index (χ4v) is 8.01. The molecule has 9 nitrogen and oxygen atoms in total. The van der Waals surface area contributed by atoms with Crippen LogP contribution in [0.2, 0.25) is 5.02 Å². The number of aromatic nitrogens is 3. The number of fused-ring (bicyclic) bond motifs is 3. The molecule has 0 unspecified atom stereocenters. The highest BCUT2D eigenvalue weighted by atomic mass is 35.5. The van der Waals surface area contributed by atoms with Gasteiger partial charge in [0.25, 0.3) is 0 Å². The van der Waals surface area contributed by atoms with Gasteiger partial charge in [-0.05, 0) is 71.4 Å². The van der Waals surface area contributed by atoms with Crippen LogP contribution in [0.15, 0.2) is 42.6 Å². The van der Waals surface area contributed by atoms with Gasteiger partial charge in [0.2, 0.25) is 0 Å². The summed E-state index contributed by atoms with van der Waals surface area (Å²) in [6.07, 6.45) is 3.81. The van der Waals surface area contributed by atoms with E-state index in [-0.39, 0.29) is 23.8 Å². The zero-order valence-electron chi connectivity index (χ0n) is 27.8. The van der Waals surface area contributed by atoms with Crippen molar-refractivity contribution in [1.29, 1.82) is 0 Å². The topological polar surface area (TPSA) is 92.7 Å². The van der Waals surface area contributed by atoms with Crippen LogP contribution in [0.5, 0.6) is 6.01 Å². The normalized spacial score (nSPS) is 24.6. The van der Waals surface area contributed by atoms with Crippen LogP contribution in [0.25, 0.3) is 32.9 Å². The Balaban J connectivity index is 1.30. The van der Waals surface area contributed by atoms with Gasteiger partial charge in [-0.15, -0.1) is 0 Å². The zero-order chi connectivity index (χ0) is 33.8. The van der Waals surface area contributed by atoms with Gasteiger partial charge in [-0.3, -0.25) is 9.88 Å². The summed E-state index contributed by atoms with van der Waals surface area (Å²) in [6, 6.07) is 11.1. The summed E-state index contributed by atoms with van der Waals surface area (Å²) in [5, 5.41) is 5.52. The Morgan fingerprint density at radius 3 is 2.69 bits per heavy atom. The number of ether oxygens (including phenoxy) is 2. The largest absolute Gasteiger partial charge is 0.461 e. The van der Waals surface area contributed by atoms with Crippen molar-refractivity contribution < 1.29 is 23.0 Å². The molecule has 4 aromatic rings. The summed E-state index contributed by atoms with van der Waals surface area (Å²) in [7, 11) is 0. The lowest BCUT2D eigenvalue weighted by atomic mass is 9.91. The molecule has 2 aromatic carbocycles. The number of alkyl carbamates (subject to hydrolysis) is 1. The zero-order valence-corrected chi connectivity index (χ0v) is 28.5. The standard InChI is InChI=1S/C36H41ClF2N6O3/c1-34(2,3)48-33(46)43-35(4)13-7-15-44(20-35)31-25-18-40-29(24-11-5-9-22-10-6-12-26(37)27(22)24)28(39)30(25)41-32(42-31)47-21-36-14-8-16-45(36)19-23(38)17-36/h5-6,9-12,18,23H,7-8,13-17,19-21H2,1-4H3,(H,43,46)/t23-,35-,36+/m1/s1. The first-order valence-corrected chi connectivity index (χ1v) is 17.0. The summed E-state index contributed by atoms with van der Waals surface area (Å²) in [6.45, 7) is 9.85. The average Bonchev–Trinajstić information content (AvgIpc) is 3.54. The van der Waals surface area contributed by atoms with Gasteiger partial charge in [-0.25, -0.2) is 13.6 Å². The molecule has 1 amide bonds. The minimum absolute atomic E-state index is 0.0143. The molecule has 3 fully saturated rings. The molecule has 3 aliphatic rings. The first kappa shape index (κ1) is 32.7. The van der Waals surface area contributed by atoms with E-state index in [4.69, 9.17) is 26.1 Å². The molecule has 7 rings (SSSR count). The second-order valence-corrected chi connectivity index (χ2v) is 15.1. The number of carbonyl (C=O) groups excluding carboxylic acids is 1. The van der Waals surface area contributed by atoms with Gasteiger partial charge in [0.05, 0.1) is 16.5 Å². The molecule has 12 heteroatoms. The second-order valence-electron chi connectivity index (χ2n) is 14.7. The average molecular weight is 679 g/mol. The number of hydrogen-bond acceptors (Lipinski definition) is 8. The molecule has 1 N–H and O–H groups in total. The molecule has 5 heterocycles. The van der Waals surface area contributed by atoms with Crippen LogP contribution >= 0.6 is 11.6 Å². The summed E-state index contributed by atoms with van der Waals surface area (Å²) in [5.41, 5.74) is -0.994. The van der Waals surface area contributed by atoms with Crippen LogP contribution in [0.1, 0.15) is 59.8 Å². The van der Waals surface area contributed by atoms with Crippen molar-refractivity contribution in [3.05, 3.63) is 53.4 Å². The molecule has 254 valence electrons. The van der Waals surface area contributed by atoms with Gasteiger partial charge in [-0.1, -0.05) is 41.9 Å². The van der Waals surface area contributed by atoms with E-state index in [0.717, 1.165) is 37.6 Å². The first-order chi connectivity index (χ1) is 22.8. The molecule has 2 aromatic heterocycles. The van der Waals surface area contributed by atoms with Crippen molar-refractivity contribution in [3.63, 3.8) is 0 Å². The summed E-state index contributed by atoms with van der Waals surface area (Å²) < 4.78 is 43.2. The van der Waals surface area contributed by atoms with Crippen LogP contribution in [0.4, 0.5) is 19.4 Å². The highest BCUT2D eigenvalue weighted by Gasteiger charge is 2.49. The van der Waals surface area contributed by atoms with Gasteiger partial charge in [0.1, 0.15) is 35.4 Å². The monoisotopic (exact) mass is 678 g/mol. The van der Waals surface area contributed by atoms with Crippen molar-refractivity contribution in [2.45, 2.75) is 82.6 Å². The fourth-order valence-electron chi connectivity index (χ4n) is 7.73. The predicted molar refractivity (Wildman–Crippen MR) is 183 cm³/mol. The predicted octanol–water partition coefficient (Wildman–Crippen LogP) is 7.48. The number of nitrogens with zero attached hydrogens (tertiary/aromatic N) is 5. The molecule has 0 spiro atoms. The number of amides is 1. The molecule has 0 bridgehead atoms. The molecule has 0 radical (unpaired) electrons. The van der Waals surface area contributed by atoms with Gasteiger partial charge in [0, 0.05) is 48.2 Å². The summed E-state index contributed by atoms with van der Waals surface area (Å²) >= 11 is 6.62. The number of nitrogens with one attached hydrogen (secondary N) is 1. The number of alkyl halides is 1. The summed E-state index contributed by atoms with van der Waals surface area (Å²) in [5.74, 6) is -0.165. The van der Waals surface area contributed by atoms with Crippen LogP contribution in [0.3, 0.4) is 0 Å². The number of hydrogen-bond donors (Lipinski definition) is 1. The third-order valence-electron chi connectivity index (χ3n) is 9.78. The van der Waals surface area contributed by atoms with Crippen LogP contribution in [-0.4, -0.2) is 81.6 Å². The van der Waals surface area contributed by atoms with E-state index in [1.54, 1.807) is 18.3 Å². The maximum atomic E-state index is 16.8. The Morgan fingerprint density at radius 2 is 1.90 bits per heavy atom. The highest BCUT2D eigenvalue weighted by Crippen LogP contribution is 2.41. The van der Waals surface area contributed by atoms with E-state index in [2.05, 4.69) is 20.2 Å². The van der Waals surface area contributed by atoms with Crippen LogP contribution < -0.4 is 15.0 Å². The smallest absolute Gasteiger partial charge is 0.408 e. The van der Waals surface area contributed by atoms with E-state index >= 15 is 4.39 Å². The molecule has 3 aliphatic heterocycles. The number of carbonyl (C=O) groups is 1. The van der Waals surface area contributed by atoms with Crippen molar-refractivity contribution in [3.8, 4) is 17.3 Å². The van der Waals surface area contributed by atoms with Gasteiger partial charge < -0.3 is 19.7 Å². The van der Waals surface area contributed by atoms with Crippen molar-refractivity contribution in [2.24, 2.45) is 0 Å². The molecule has 3 saturated heterocycles. The van der Waals surface area contributed by atoms with E-state index < -0.39 is 34.8 Å². The minimum atomic E-state index is -0.913.